The predicted octanol–water partition coefficient (Wildman–Crippen LogP) is -0.822. The number of hydrogen-bond donors (Lipinski definition) is 1. The van der Waals surface area contributed by atoms with E-state index in [-0.39, 0.29) is 77.5 Å². The Labute approximate surface area is 238 Å². The molecule has 2 heterocycles. The summed E-state index contributed by atoms with van der Waals surface area (Å²) in [7, 11) is 3.81. The molecule has 0 bridgehead atoms. The highest BCUT2D eigenvalue weighted by Gasteiger charge is 2.34. The smallest absolute Gasteiger partial charge is 0.307 e. The van der Waals surface area contributed by atoms with Gasteiger partial charge < -0.3 is 43.2 Å². The topological polar surface area (TPSA) is 185 Å². The Morgan fingerprint density at radius 3 is 1.80 bits per heavy atom. The number of aromatic nitrogens is 3. The summed E-state index contributed by atoms with van der Waals surface area (Å²) >= 11 is 0. The third-order valence-electron chi connectivity index (χ3n) is 5.80. The normalized spacial score (nSPS) is 13.6. The molecule has 0 aromatic carbocycles. The highest BCUT2D eigenvalue weighted by Crippen LogP contribution is 2.12. The molecular weight excluding hydrogens is 548 g/mol. The highest BCUT2D eigenvalue weighted by atomic mass is 16.7. The molecule has 1 saturated heterocycles. The first-order valence-electron chi connectivity index (χ1n) is 13.2. The first-order chi connectivity index (χ1) is 19.8. The Morgan fingerprint density at radius 1 is 0.854 bits per heavy atom. The van der Waals surface area contributed by atoms with Crippen LogP contribution in [0, 0.1) is 0 Å². The van der Waals surface area contributed by atoms with Gasteiger partial charge in [-0.3, -0.25) is 19.2 Å². The Hall–Kier alpha value is -3.18. The van der Waals surface area contributed by atoms with Gasteiger partial charge in [-0.05, 0) is 0 Å². The molecular formula is C25H40N4O12. The SMILES string of the molecule is COC(=O)CCOCC(COCCC(=O)OC)(COCCC(=O)OC)NC(=O)CCc1cn(CC2OCCO2)nn1. The van der Waals surface area contributed by atoms with Gasteiger partial charge in [0.1, 0.15) is 5.54 Å². The molecule has 232 valence electrons. The van der Waals surface area contributed by atoms with E-state index >= 15 is 0 Å². The van der Waals surface area contributed by atoms with E-state index in [4.69, 9.17) is 23.7 Å². The zero-order chi connectivity index (χ0) is 29.9. The van der Waals surface area contributed by atoms with E-state index in [1.165, 1.54) is 21.3 Å². The van der Waals surface area contributed by atoms with Gasteiger partial charge >= 0.3 is 17.9 Å². The van der Waals surface area contributed by atoms with Crippen LogP contribution >= 0.6 is 0 Å². The molecule has 1 aromatic rings. The number of carbonyl (C=O) groups is 4. The molecule has 16 heteroatoms. The van der Waals surface area contributed by atoms with Crippen molar-refractivity contribution >= 4 is 23.8 Å². The van der Waals surface area contributed by atoms with Crippen LogP contribution in [-0.4, -0.2) is 125 Å². The fourth-order valence-corrected chi connectivity index (χ4v) is 3.62. The lowest BCUT2D eigenvalue weighted by molar-refractivity contribution is -0.143. The number of carbonyl (C=O) groups excluding carboxylic acids is 4. The van der Waals surface area contributed by atoms with Gasteiger partial charge in [0.25, 0.3) is 0 Å². The number of hydrogen-bond acceptors (Lipinski definition) is 14. The average molecular weight is 589 g/mol. The predicted molar refractivity (Wildman–Crippen MR) is 137 cm³/mol. The molecule has 16 nitrogen and oxygen atoms in total. The van der Waals surface area contributed by atoms with Gasteiger partial charge in [0.05, 0.1) is 106 Å². The van der Waals surface area contributed by atoms with Crippen molar-refractivity contribution in [2.75, 3.05) is 74.2 Å². The van der Waals surface area contributed by atoms with Crippen molar-refractivity contribution in [1.29, 1.82) is 0 Å². The summed E-state index contributed by atoms with van der Waals surface area (Å²) < 4.78 is 43.4. The quantitative estimate of drug-likeness (QED) is 0.107. The minimum Gasteiger partial charge on any atom is -0.469 e. The van der Waals surface area contributed by atoms with Gasteiger partial charge in [0.2, 0.25) is 5.91 Å². The second kappa shape index (κ2) is 19.0. The molecule has 1 amide bonds. The molecule has 1 fully saturated rings. The summed E-state index contributed by atoms with van der Waals surface area (Å²) in [6.07, 6.45) is 1.69. The van der Waals surface area contributed by atoms with Crippen LogP contribution in [0.15, 0.2) is 6.20 Å². The number of amides is 1. The van der Waals surface area contributed by atoms with E-state index in [0.29, 0.717) is 31.9 Å². The van der Waals surface area contributed by atoms with Crippen molar-refractivity contribution in [2.24, 2.45) is 0 Å². The maximum absolute atomic E-state index is 13.1. The summed E-state index contributed by atoms with van der Waals surface area (Å²) in [4.78, 5) is 47.6. The zero-order valence-corrected chi connectivity index (χ0v) is 23.8. The fourth-order valence-electron chi connectivity index (χ4n) is 3.62. The van der Waals surface area contributed by atoms with Crippen LogP contribution < -0.4 is 5.32 Å². The third-order valence-corrected chi connectivity index (χ3v) is 5.80. The molecule has 1 aliphatic rings. The van der Waals surface area contributed by atoms with Gasteiger partial charge in [-0.1, -0.05) is 5.21 Å². The van der Waals surface area contributed by atoms with Crippen molar-refractivity contribution in [3.05, 3.63) is 11.9 Å². The second-order valence-electron chi connectivity index (χ2n) is 9.07. The van der Waals surface area contributed by atoms with Crippen molar-refractivity contribution in [2.45, 2.75) is 50.5 Å². The van der Waals surface area contributed by atoms with Gasteiger partial charge in [-0.15, -0.1) is 5.10 Å². The molecule has 0 unspecified atom stereocenters. The summed E-state index contributed by atoms with van der Waals surface area (Å²) in [6, 6.07) is 0. The zero-order valence-electron chi connectivity index (χ0n) is 23.8. The Bertz CT molecular complexity index is 891. The first kappa shape index (κ1) is 34.0. The molecule has 0 spiro atoms. The lowest BCUT2D eigenvalue weighted by Gasteiger charge is -2.34. The van der Waals surface area contributed by atoms with Crippen LogP contribution in [-0.2, 0) is 70.0 Å². The number of methoxy groups -OCH3 is 3. The maximum atomic E-state index is 13.1. The molecule has 1 aromatic heterocycles. The Morgan fingerprint density at radius 2 is 1.34 bits per heavy atom. The molecule has 0 aliphatic carbocycles. The van der Waals surface area contributed by atoms with Crippen LogP contribution in [0.2, 0.25) is 0 Å². The second-order valence-corrected chi connectivity index (χ2v) is 9.07. The number of nitrogens with zero attached hydrogens (tertiary/aromatic N) is 3. The van der Waals surface area contributed by atoms with Crippen molar-refractivity contribution in [3.63, 3.8) is 0 Å². The fraction of sp³-hybridized carbons (Fsp3) is 0.760. The molecule has 0 atom stereocenters. The van der Waals surface area contributed by atoms with E-state index in [1.807, 2.05) is 0 Å². The van der Waals surface area contributed by atoms with Gasteiger partial charge in [0, 0.05) is 19.0 Å². The van der Waals surface area contributed by atoms with Crippen LogP contribution in [0.25, 0.3) is 0 Å². The Balaban J connectivity index is 2.03. The van der Waals surface area contributed by atoms with Crippen LogP contribution in [0.5, 0.6) is 0 Å². The summed E-state index contributed by atoms with van der Waals surface area (Å²) in [5.41, 5.74) is -0.615. The van der Waals surface area contributed by atoms with E-state index in [1.54, 1.807) is 10.9 Å². The maximum Gasteiger partial charge on any atom is 0.307 e. The minimum atomic E-state index is -1.21. The van der Waals surface area contributed by atoms with Crippen molar-refractivity contribution in [1.82, 2.24) is 20.3 Å². The molecule has 41 heavy (non-hydrogen) atoms. The van der Waals surface area contributed by atoms with Crippen LogP contribution in [0.3, 0.4) is 0 Å². The van der Waals surface area contributed by atoms with Gasteiger partial charge in [0.15, 0.2) is 6.29 Å². The summed E-state index contributed by atoms with van der Waals surface area (Å²) in [5.74, 6) is -1.72. The van der Waals surface area contributed by atoms with E-state index in [9.17, 15) is 19.2 Å². The molecule has 1 aliphatic heterocycles. The number of esters is 3. The molecule has 2 rings (SSSR count). The number of rotatable bonds is 21. The van der Waals surface area contributed by atoms with E-state index in [0.717, 1.165) is 0 Å². The van der Waals surface area contributed by atoms with E-state index in [2.05, 4.69) is 29.8 Å². The minimum absolute atomic E-state index is 0.000478. The first-order valence-corrected chi connectivity index (χ1v) is 13.2. The number of ether oxygens (including phenoxy) is 8. The summed E-state index contributed by atoms with van der Waals surface area (Å²) in [6.45, 7) is 1.22. The standard InChI is InChI=1S/C25H40N4O12/c1-34-21(31)6-9-37-16-25(17-38-10-7-22(32)35-2,18-39-11-8-23(33)36-3)26-20(30)5-4-19-14-29(28-27-19)15-24-40-12-13-41-24/h14,24H,4-13,15-18H2,1-3H3,(H,26,30). The lowest BCUT2D eigenvalue weighted by atomic mass is 10.0. The number of aryl methyl sites for hydroxylation is 1. The number of nitrogens with one attached hydrogen (secondary N) is 1. The largest absolute Gasteiger partial charge is 0.469 e. The van der Waals surface area contributed by atoms with E-state index < -0.39 is 23.4 Å². The van der Waals surface area contributed by atoms with Crippen molar-refractivity contribution < 1.29 is 57.1 Å². The van der Waals surface area contributed by atoms with Gasteiger partial charge in [-0.2, -0.15) is 0 Å². The highest BCUT2D eigenvalue weighted by molar-refractivity contribution is 5.77. The molecule has 1 N–H and O–H groups in total. The molecule has 0 radical (unpaired) electrons. The lowest BCUT2D eigenvalue weighted by Crippen LogP contribution is -2.58. The van der Waals surface area contributed by atoms with Crippen molar-refractivity contribution in [3.8, 4) is 0 Å². The monoisotopic (exact) mass is 588 g/mol. The average Bonchev–Trinajstić information content (AvgIpc) is 3.66. The van der Waals surface area contributed by atoms with Crippen LogP contribution in [0.4, 0.5) is 0 Å². The van der Waals surface area contributed by atoms with Gasteiger partial charge in [-0.25, -0.2) is 4.68 Å². The molecule has 0 saturated carbocycles. The summed E-state index contributed by atoms with van der Waals surface area (Å²) in [5, 5.41) is 11.1. The Kier molecular flexibility index (Phi) is 15.8. The third kappa shape index (κ3) is 13.8. The van der Waals surface area contributed by atoms with Crippen LogP contribution in [0.1, 0.15) is 31.4 Å².